The number of alkyl halides is 2. The van der Waals surface area contributed by atoms with Crippen molar-refractivity contribution in [1.29, 1.82) is 0 Å². The lowest BCUT2D eigenvalue weighted by atomic mass is 9.44. The van der Waals surface area contributed by atoms with E-state index in [4.69, 9.17) is 5.73 Å². The molecule has 9 unspecified atom stereocenters. The topological polar surface area (TPSA) is 26.0 Å². The summed E-state index contributed by atoms with van der Waals surface area (Å²) in [5.74, 6) is 4.22. The van der Waals surface area contributed by atoms with Crippen LogP contribution in [0.2, 0.25) is 0 Å². The Balaban J connectivity index is 0.000000880. The van der Waals surface area contributed by atoms with Gasteiger partial charge >= 0.3 is 0 Å². The van der Waals surface area contributed by atoms with Gasteiger partial charge in [0.25, 0.3) is 0 Å². The highest BCUT2D eigenvalue weighted by atomic mass is 19.1. The second-order valence-electron chi connectivity index (χ2n) is 10.1. The van der Waals surface area contributed by atoms with Crippen molar-refractivity contribution in [2.75, 3.05) is 13.7 Å². The monoisotopic (exact) mass is 355 g/mol. The number of hydrogen-bond acceptors (Lipinski definition) is 1. The van der Waals surface area contributed by atoms with Gasteiger partial charge in [0.05, 0.1) is 7.18 Å². The minimum absolute atomic E-state index is 0.270. The summed E-state index contributed by atoms with van der Waals surface area (Å²) in [6.07, 6.45) is 9.73. The van der Waals surface area contributed by atoms with Crippen molar-refractivity contribution < 1.29 is 8.78 Å². The molecular weight excluding hydrogens is 316 g/mol. The average molecular weight is 356 g/mol. The summed E-state index contributed by atoms with van der Waals surface area (Å²) < 4.78 is 24.0. The first-order valence-corrected chi connectivity index (χ1v) is 10.6. The molecule has 0 heterocycles. The molecule has 1 nitrogen and oxygen atoms in total. The van der Waals surface area contributed by atoms with Crippen molar-refractivity contribution in [3.05, 3.63) is 0 Å². The van der Waals surface area contributed by atoms with Crippen molar-refractivity contribution in [2.45, 2.75) is 78.3 Å². The van der Waals surface area contributed by atoms with Crippen LogP contribution in [0.25, 0.3) is 0 Å². The first kappa shape index (κ1) is 19.6. The zero-order valence-electron chi connectivity index (χ0n) is 16.7. The molecule has 0 aliphatic heterocycles. The van der Waals surface area contributed by atoms with E-state index in [2.05, 4.69) is 20.8 Å². The van der Waals surface area contributed by atoms with Crippen LogP contribution in [-0.2, 0) is 0 Å². The highest BCUT2D eigenvalue weighted by Crippen LogP contribution is 2.67. The molecule has 9 atom stereocenters. The number of rotatable bonds is 1. The first-order chi connectivity index (χ1) is 11.9. The maximum atomic E-state index is 14.5. The maximum absolute atomic E-state index is 14.5. The molecule has 0 radical (unpaired) electrons. The molecule has 3 heteroatoms. The van der Waals surface area contributed by atoms with Gasteiger partial charge in [0, 0.05) is 0 Å². The molecule has 0 bridgehead atoms. The molecule has 0 aromatic heterocycles. The summed E-state index contributed by atoms with van der Waals surface area (Å²) in [5.41, 5.74) is 6.77. The molecule has 0 aromatic carbocycles. The predicted octanol–water partition coefficient (Wildman–Crippen LogP) is 5.77. The van der Waals surface area contributed by atoms with Crippen molar-refractivity contribution in [1.82, 2.24) is 0 Å². The summed E-state index contributed by atoms with van der Waals surface area (Å²) in [5, 5.41) is 0. The zero-order chi connectivity index (χ0) is 18.4. The van der Waals surface area contributed by atoms with Crippen molar-refractivity contribution in [3.63, 3.8) is 0 Å². The van der Waals surface area contributed by atoms with Gasteiger partial charge in [-0.3, -0.25) is 4.39 Å². The predicted molar refractivity (Wildman–Crippen MR) is 101 cm³/mol. The normalized spacial score (nSPS) is 54.6. The molecule has 4 aliphatic carbocycles. The quantitative estimate of drug-likeness (QED) is 0.634. The first-order valence-electron chi connectivity index (χ1n) is 10.6. The molecule has 0 amide bonds. The molecule has 0 spiro atoms. The molecule has 146 valence electrons. The van der Waals surface area contributed by atoms with Gasteiger partial charge in [-0.25, -0.2) is 4.39 Å². The molecule has 4 fully saturated rings. The van der Waals surface area contributed by atoms with Gasteiger partial charge in [-0.1, -0.05) is 20.8 Å². The third kappa shape index (κ3) is 2.87. The van der Waals surface area contributed by atoms with E-state index in [0.717, 1.165) is 36.6 Å². The SMILES string of the molecule is CC1C(F)CC2C3CCC4CC(CN)CCC4(C)C3CCC12C.CF. The fourth-order valence-corrected chi connectivity index (χ4v) is 7.78. The molecule has 25 heavy (non-hydrogen) atoms. The zero-order valence-corrected chi connectivity index (χ0v) is 16.7. The number of fused-ring (bicyclic) bond motifs is 5. The molecule has 4 rings (SSSR count). The smallest absolute Gasteiger partial charge is 0.103 e. The Bertz CT molecular complexity index is 469. The second-order valence-corrected chi connectivity index (χ2v) is 10.1. The lowest BCUT2D eigenvalue weighted by Crippen LogP contribution is -2.53. The van der Waals surface area contributed by atoms with Crippen LogP contribution in [0, 0.1) is 46.3 Å². The summed E-state index contributed by atoms with van der Waals surface area (Å²) in [6.45, 7) is 8.07. The van der Waals surface area contributed by atoms with E-state index >= 15 is 0 Å². The Morgan fingerprint density at radius 3 is 2.28 bits per heavy atom. The third-order valence-electron chi connectivity index (χ3n) is 9.61. The molecule has 2 N–H and O–H groups in total. The standard InChI is InChI=1S/C21H36FN.CH3F/c1-13-19(22)11-18-16-5-4-15-10-14(12-23)6-8-21(15,3)17(16)7-9-20(13,18)2;1-2/h13-19H,4-12,23H2,1-3H3;1H3. The number of halogens is 2. The van der Waals surface area contributed by atoms with E-state index in [1.165, 1.54) is 44.9 Å². The Hall–Kier alpha value is -0.180. The lowest BCUT2D eigenvalue weighted by molar-refractivity contribution is -0.116. The Labute approximate surface area is 153 Å². The van der Waals surface area contributed by atoms with Crippen LogP contribution < -0.4 is 5.73 Å². The van der Waals surface area contributed by atoms with E-state index in [1.807, 2.05) is 0 Å². The van der Waals surface area contributed by atoms with Crippen LogP contribution in [0.1, 0.15) is 72.1 Å². The molecule has 4 saturated carbocycles. The molecule has 4 aliphatic rings. The Morgan fingerprint density at radius 1 is 0.920 bits per heavy atom. The minimum atomic E-state index is -0.553. The number of hydrogen-bond donors (Lipinski definition) is 1. The van der Waals surface area contributed by atoms with Gasteiger partial charge in [0.15, 0.2) is 0 Å². The van der Waals surface area contributed by atoms with E-state index in [-0.39, 0.29) is 11.3 Å². The summed E-state index contributed by atoms with van der Waals surface area (Å²) in [4.78, 5) is 0. The minimum Gasteiger partial charge on any atom is -0.330 e. The van der Waals surface area contributed by atoms with Crippen LogP contribution in [0.3, 0.4) is 0 Å². The largest absolute Gasteiger partial charge is 0.330 e. The highest BCUT2D eigenvalue weighted by Gasteiger charge is 2.61. The lowest BCUT2D eigenvalue weighted by Gasteiger charge is -2.61. The molecule has 0 aromatic rings. The van der Waals surface area contributed by atoms with Crippen LogP contribution in [0.4, 0.5) is 8.78 Å². The number of nitrogens with two attached hydrogens (primary N) is 1. The van der Waals surface area contributed by atoms with Crippen molar-refractivity contribution in [3.8, 4) is 0 Å². The van der Waals surface area contributed by atoms with Gasteiger partial charge in [0.1, 0.15) is 6.17 Å². The third-order valence-corrected chi connectivity index (χ3v) is 9.61. The van der Waals surface area contributed by atoms with Gasteiger partial charge < -0.3 is 5.73 Å². The Morgan fingerprint density at radius 2 is 1.60 bits per heavy atom. The maximum Gasteiger partial charge on any atom is 0.103 e. The highest BCUT2D eigenvalue weighted by molar-refractivity contribution is 5.10. The van der Waals surface area contributed by atoms with E-state index in [0.29, 0.717) is 18.5 Å². The second kappa shape index (κ2) is 7.09. The van der Waals surface area contributed by atoms with E-state index in [9.17, 15) is 8.78 Å². The van der Waals surface area contributed by atoms with Crippen LogP contribution in [0.15, 0.2) is 0 Å². The van der Waals surface area contributed by atoms with Gasteiger partial charge in [-0.15, -0.1) is 0 Å². The Kier molecular flexibility index (Phi) is 5.55. The van der Waals surface area contributed by atoms with Crippen molar-refractivity contribution >= 4 is 0 Å². The van der Waals surface area contributed by atoms with Gasteiger partial charge in [-0.2, -0.15) is 0 Å². The summed E-state index contributed by atoms with van der Waals surface area (Å²) in [6, 6.07) is 0. The van der Waals surface area contributed by atoms with Crippen molar-refractivity contribution in [2.24, 2.45) is 52.1 Å². The van der Waals surface area contributed by atoms with E-state index < -0.39 is 6.17 Å². The van der Waals surface area contributed by atoms with Crippen LogP contribution in [-0.4, -0.2) is 19.9 Å². The summed E-state index contributed by atoms with van der Waals surface area (Å²) in [7, 11) is 0.500. The fourth-order valence-electron chi connectivity index (χ4n) is 7.78. The molecule has 0 saturated heterocycles. The summed E-state index contributed by atoms with van der Waals surface area (Å²) >= 11 is 0. The molecular formula is C22H39F2N. The van der Waals surface area contributed by atoms with Gasteiger partial charge in [-0.05, 0) is 104 Å². The fraction of sp³-hybridized carbons (Fsp3) is 1.00. The van der Waals surface area contributed by atoms with Gasteiger partial charge in [0.2, 0.25) is 0 Å². The van der Waals surface area contributed by atoms with E-state index in [1.54, 1.807) is 0 Å². The van der Waals surface area contributed by atoms with Crippen LogP contribution in [0.5, 0.6) is 0 Å². The van der Waals surface area contributed by atoms with Crippen LogP contribution >= 0.6 is 0 Å². The average Bonchev–Trinajstić information content (AvgIpc) is 2.86.